The molecule has 0 fully saturated rings. The van der Waals surface area contributed by atoms with Gasteiger partial charge in [0.1, 0.15) is 6.04 Å². The van der Waals surface area contributed by atoms with Crippen molar-refractivity contribution >= 4 is 29.4 Å². The van der Waals surface area contributed by atoms with Crippen LogP contribution in [-0.2, 0) is 20.7 Å². The summed E-state index contributed by atoms with van der Waals surface area (Å²) in [7, 11) is 0. The first-order valence-corrected chi connectivity index (χ1v) is 10.3. The quantitative estimate of drug-likeness (QED) is 0.549. The Bertz CT molecular complexity index is 1040. The number of carbonyl (C=O) groups is 4. The van der Waals surface area contributed by atoms with Crippen molar-refractivity contribution < 1.29 is 23.9 Å². The van der Waals surface area contributed by atoms with Crippen molar-refractivity contribution in [3.05, 3.63) is 65.2 Å². The molecule has 0 aromatic heterocycles. The fraction of sp³-hybridized carbons (Fsp3) is 0.333. The summed E-state index contributed by atoms with van der Waals surface area (Å²) >= 11 is 0. The third kappa shape index (κ3) is 3.50. The van der Waals surface area contributed by atoms with Gasteiger partial charge in [0, 0.05) is 11.7 Å². The molecule has 0 N–H and O–H groups in total. The van der Waals surface area contributed by atoms with Gasteiger partial charge >= 0.3 is 5.97 Å². The van der Waals surface area contributed by atoms with Gasteiger partial charge in [0.25, 0.3) is 17.7 Å². The number of nitrogens with zero attached hydrogens (tertiary/aromatic N) is 2. The molecule has 0 spiro atoms. The minimum Gasteiger partial charge on any atom is -0.454 e. The number of para-hydroxylation sites is 1. The first-order valence-electron chi connectivity index (χ1n) is 10.3. The van der Waals surface area contributed by atoms with E-state index in [0.29, 0.717) is 0 Å². The van der Waals surface area contributed by atoms with Crippen LogP contribution in [0.5, 0.6) is 0 Å². The SMILES string of the molecule is CC(C)[C@H](C(=O)OCC(=O)N1c2ccccc2C[C@H]1C)N1C(=O)c2ccccc2C1=O. The Morgan fingerprint density at radius 3 is 2.19 bits per heavy atom. The van der Waals surface area contributed by atoms with Crippen LogP contribution in [-0.4, -0.2) is 47.3 Å². The second kappa shape index (κ2) is 7.98. The predicted octanol–water partition coefficient (Wildman–Crippen LogP) is 2.83. The summed E-state index contributed by atoms with van der Waals surface area (Å²) in [6.07, 6.45) is 0.736. The summed E-state index contributed by atoms with van der Waals surface area (Å²) in [5, 5.41) is 0. The topological polar surface area (TPSA) is 84.0 Å². The third-order valence-corrected chi connectivity index (χ3v) is 5.79. The summed E-state index contributed by atoms with van der Waals surface area (Å²) < 4.78 is 5.33. The van der Waals surface area contributed by atoms with Crippen molar-refractivity contribution in [2.75, 3.05) is 11.5 Å². The summed E-state index contributed by atoms with van der Waals surface area (Å²) in [6, 6.07) is 12.9. The van der Waals surface area contributed by atoms with Gasteiger partial charge in [0.05, 0.1) is 11.1 Å². The van der Waals surface area contributed by atoms with Crippen LogP contribution in [0.25, 0.3) is 0 Å². The Balaban J connectivity index is 1.49. The molecule has 0 unspecified atom stereocenters. The lowest BCUT2D eigenvalue weighted by molar-refractivity contribution is -0.153. The van der Waals surface area contributed by atoms with E-state index in [1.165, 1.54) is 0 Å². The van der Waals surface area contributed by atoms with Crippen LogP contribution in [0.4, 0.5) is 5.69 Å². The highest BCUT2D eigenvalue weighted by Gasteiger charge is 2.45. The standard InChI is InChI=1S/C24H24N2O5/c1-14(2)21(26-22(28)17-9-5-6-10-18(17)23(26)29)24(30)31-13-20(27)25-15(3)12-16-8-4-7-11-19(16)25/h4-11,14-15,21H,12-13H2,1-3H3/t15-,21-/m1/s1. The minimum absolute atomic E-state index is 0.0410. The maximum atomic E-state index is 12.9. The summed E-state index contributed by atoms with van der Waals surface area (Å²) in [4.78, 5) is 54.0. The molecule has 2 aromatic rings. The number of carbonyl (C=O) groups excluding carboxylic acids is 4. The van der Waals surface area contributed by atoms with Crippen LogP contribution >= 0.6 is 0 Å². The molecule has 2 heterocycles. The molecule has 4 rings (SSSR count). The smallest absolute Gasteiger partial charge is 0.330 e. The van der Waals surface area contributed by atoms with Gasteiger partial charge in [-0.15, -0.1) is 0 Å². The van der Waals surface area contributed by atoms with E-state index >= 15 is 0 Å². The summed E-state index contributed by atoms with van der Waals surface area (Å²) in [6.45, 7) is 4.95. The van der Waals surface area contributed by atoms with Crippen LogP contribution in [0.3, 0.4) is 0 Å². The molecule has 31 heavy (non-hydrogen) atoms. The van der Waals surface area contributed by atoms with Crippen molar-refractivity contribution in [3.8, 4) is 0 Å². The molecule has 0 saturated carbocycles. The van der Waals surface area contributed by atoms with Gasteiger partial charge in [0.15, 0.2) is 6.61 Å². The number of fused-ring (bicyclic) bond motifs is 2. The number of rotatable bonds is 5. The largest absolute Gasteiger partial charge is 0.454 e. The van der Waals surface area contributed by atoms with Crippen molar-refractivity contribution in [1.29, 1.82) is 0 Å². The lowest BCUT2D eigenvalue weighted by atomic mass is 10.0. The second-order valence-electron chi connectivity index (χ2n) is 8.27. The molecule has 0 radical (unpaired) electrons. The molecule has 160 valence electrons. The van der Waals surface area contributed by atoms with Crippen molar-refractivity contribution in [2.45, 2.75) is 39.3 Å². The maximum Gasteiger partial charge on any atom is 0.330 e. The molecule has 7 heteroatoms. The summed E-state index contributed by atoms with van der Waals surface area (Å²) in [5.41, 5.74) is 2.42. The van der Waals surface area contributed by atoms with Crippen LogP contribution < -0.4 is 4.90 Å². The van der Waals surface area contributed by atoms with E-state index in [1.54, 1.807) is 43.0 Å². The first kappa shape index (κ1) is 20.8. The van der Waals surface area contributed by atoms with Gasteiger partial charge in [-0.1, -0.05) is 44.2 Å². The number of hydrogen-bond acceptors (Lipinski definition) is 5. The highest BCUT2D eigenvalue weighted by Crippen LogP contribution is 2.32. The molecule has 2 aromatic carbocycles. The fourth-order valence-corrected chi connectivity index (χ4v) is 4.37. The van der Waals surface area contributed by atoms with Gasteiger partial charge in [-0.2, -0.15) is 0 Å². The van der Waals surface area contributed by atoms with E-state index in [0.717, 1.165) is 22.6 Å². The predicted molar refractivity (Wildman–Crippen MR) is 114 cm³/mol. The molecule has 2 aliphatic rings. The zero-order valence-corrected chi connectivity index (χ0v) is 17.7. The first-order chi connectivity index (χ1) is 14.8. The van der Waals surface area contributed by atoms with Crippen molar-refractivity contribution in [2.24, 2.45) is 5.92 Å². The Hall–Kier alpha value is -3.48. The number of imide groups is 1. The average Bonchev–Trinajstić information content (AvgIpc) is 3.21. The van der Waals surface area contributed by atoms with E-state index in [2.05, 4.69) is 0 Å². The third-order valence-electron chi connectivity index (χ3n) is 5.79. The van der Waals surface area contributed by atoms with Gasteiger partial charge in [-0.05, 0) is 43.0 Å². The lowest BCUT2D eigenvalue weighted by Gasteiger charge is -2.28. The van der Waals surface area contributed by atoms with Crippen LogP contribution in [0, 0.1) is 5.92 Å². The maximum absolute atomic E-state index is 12.9. The number of esters is 1. The zero-order valence-electron chi connectivity index (χ0n) is 17.7. The molecule has 3 amide bonds. The molecule has 0 bridgehead atoms. The minimum atomic E-state index is -1.11. The highest BCUT2D eigenvalue weighted by molar-refractivity contribution is 6.22. The van der Waals surface area contributed by atoms with Crippen molar-refractivity contribution in [3.63, 3.8) is 0 Å². The molecule has 7 nitrogen and oxygen atoms in total. The van der Waals surface area contributed by atoms with Crippen LogP contribution in [0.15, 0.2) is 48.5 Å². The lowest BCUT2D eigenvalue weighted by Crippen LogP contribution is -2.49. The number of benzene rings is 2. The summed E-state index contributed by atoms with van der Waals surface area (Å²) in [5.74, 6) is -2.53. The molecule has 0 saturated heterocycles. The Kier molecular flexibility index (Phi) is 5.35. The number of ether oxygens (including phenoxy) is 1. The fourth-order valence-electron chi connectivity index (χ4n) is 4.37. The van der Waals surface area contributed by atoms with Gasteiger partial charge in [0.2, 0.25) is 0 Å². The van der Waals surface area contributed by atoms with Crippen LogP contribution in [0.1, 0.15) is 47.1 Å². The van der Waals surface area contributed by atoms with Gasteiger partial charge < -0.3 is 9.64 Å². The highest BCUT2D eigenvalue weighted by atomic mass is 16.5. The normalized spacial score (nSPS) is 18.3. The Morgan fingerprint density at radius 2 is 1.58 bits per heavy atom. The average molecular weight is 420 g/mol. The van der Waals surface area contributed by atoms with Gasteiger partial charge in [-0.3, -0.25) is 19.3 Å². The molecule has 0 aliphatic carbocycles. The van der Waals surface area contributed by atoms with Crippen LogP contribution in [0.2, 0.25) is 0 Å². The molecular formula is C24H24N2O5. The number of anilines is 1. The second-order valence-corrected chi connectivity index (χ2v) is 8.27. The monoisotopic (exact) mass is 420 g/mol. The molecular weight excluding hydrogens is 396 g/mol. The number of amides is 3. The Labute approximate surface area is 180 Å². The molecule has 2 atom stereocenters. The number of hydrogen-bond donors (Lipinski definition) is 0. The van der Waals surface area contributed by atoms with E-state index in [1.807, 2.05) is 31.2 Å². The van der Waals surface area contributed by atoms with E-state index in [-0.39, 0.29) is 29.0 Å². The zero-order chi connectivity index (χ0) is 22.3. The van der Waals surface area contributed by atoms with E-state index in [4.69, 9.17) is 4.74 Å². The van der Waals surface area contributed by atoms with E-state index < -0.39 is 30.4 Å². The van der Waals surface area contributed by atoms with Crippen molar-refractivity contribution in [1.82, 2.24) is 4.90 Å². The Morgan fingerprint density at radius 1 is 1.00 bits per heavy atom. The molecule has 2 aliphatic heterocycles. The van der Waals surface area contributed by atoms with E-state index in [9.17, 15) is 19.2 Å². The van der Waals surface area contributed by atoms with Gasteiger partial charge in [-0.25, -0.2) is 4.79 Å².